The van der Waals surface area contributed by atoms with Crippen molar-refractivity contribution < 1.29 is 10.2 Å². The van der Waals surface area contributed by atoms with E-state index in [2.05, 4.69) is 18.7 Å². The van der Waals surface area contributed by atoms with Crippen molar-refractivity contribution in [1.82, 2.24) is 4.90 Å². The first-order valence-corrected chi connectivity index (χ1v) is 8.12. The maximum Gasteiger partial charge on any atom is 0.0853 e. The number of aliphatic hydroxyl groups excluding tert-OH is 2. The molecule has 3 heteroatoms. The predicted molar refractivity (Wildman–Crippen MR) is 86.1 cm³/mol. The van der Waals surface area contributed by atoms with Crippen LogP contribution in [0.2, 0.25) is 0 Å². The highest BCUT2D eigenvalue weighted by Gasteiger charge is 2.34. The van der Waals surface area contributed by atoms with Crippen molar-refractivity contribution in [1.29, 1.82) is 0 Å². The zero-order valence-electron chi connectivity index (χ0n) is 13.3. The number of nitrogens with zero attached hydrogens (tertiary/aromatic N) is 1. The lowest BCUT2D eigenvalue weighted by Gasteiger charge is -2.42. The minimum atomic E-state index is -0.463. The molecule has 0 saturated carbocycles. The second-order valence-corrected chi connectivity index (χ2v) is 6.93. The minimum Gasteiger partial charge on any atom is -0.396 e. The van der Waals surface area contributed by atoms with Crippen LogP contribution in [-0.2, 0) is 0 Å². The van der Waals surface area contributed by atoms with Gasteiger partial charge in [-0.05, 0) is 31.4 Å². The van der Waals surface area contributed by atoms with E-state index in [0.717, 1.165) is 31.5 Å². The molecule has 2 rings (SSSR count). The molecule has 1 saturated heterocycles. The van der Waals surface area contributed by atoms with Gasteiger partial charge in [-0.1, -0.05) is 50.6 Å². The Morgan fingerprint density at radius 2 is 1.95 bits per heavy atom. The van der Waals surface area contributed by atoms with E-state index in [-0.39, 0.29) is 12.0 Å². The largest absolute Gasteiger partial charge is 0.396 e. The fourth-order valence-corrected chi connectivity index (χ4v) is 3.44. The normalized spacial score (nSPS) is 22.2. The van der Waals surface area contributed by atoms with E-state index in [1.165, 1.54) is 12.8 Å². The zero-order chi connectivity index (χ0) is 15.3. The zero-order valence-corrected chi connectivity index (χ0v) is 13.3. The molecule has 2 unspecified atom stereocenters. The Labute approximate surface area is 128 Å². The Balaban J connectivity index is 2.04. The SMILES string of the molecule is CC(C)(CN1CCCCC1CCO)C(O)c1ccccc1. The highest BCUT2D eigenvalue weighted by Crippen LogP contribution is 2.35. The Kier molecular flexibility index (Phi) is 5.80. The van der Waals surface area contributed by atoms with Crippen molar-refractivity contribution in [2.75, 3.05) is 19.7 Å². The van der Waals surface area contributed by atoms with Gasteiger partial charge in [0.05, 0.1) is 6.10 Å². The number of rotatable bonds is 6. The summed E-state index contributed by atoms with van der Waals surface area (Å²) < 4.78 is 0. The molecule has 1 aromatic rings. The first-order chi connectivity index (χ1) is 10.0. The van der Waals surface area contributed by atoms with Crippen LogP contribution in [0.4, 0.5) is 0 Å². The summed E-state index contributed by atoms with van der Waals surface area (Å²) in [5.74, 6) is 0. The molecule has 1 aromatic carbocycles. The summed E-state index contributed by atoms with van der Waals surface area (Å²) in [5.41, 5.74) is 0.782. The third kappa shape index (κ3) is 4.29. The van der Waals surface area contributed by atoms with Gasteiger partial charge in [0.1, 0.15) is 0 Å². The molecule has 1 fully saturated rings. The second-order valence-electron chi connectivity index (χ2n) is 6.93. The van der Waals surface area contributed by atoms with Crippen LogP contribution in [0.1, 0.15) is 51.2 Å². The Bertz CT molecular complexity index is 416. The Morgan fingerprint density at radius 3 is 2.62 bits per heavy atom. The van der Waals surface area contributed by atoms with E-state index in [9.17, 15) is 10.2 Å². The minimum absolute atomic E-state index is 0.202. The van der Waals surface area contributed by atoms with Crippen LogP contribution in [-0.4, -0.2) is 40.9 Å². The molecule has 0 aromatic heterocycles. The van der Waals surface area contributed by atoms with Gasteiger partial charge in [-0.25, -0.2) is 0 Å². The van der Waals surface area contributed by atoms with Crippen molar-refractivity contribution in [3.8, 4) is 0 Å². The molecule has 118 valence electrons. The quantitative estimate of drug-likeness (QED) is 0.847. The molecule has 3 nitrogen and oxygen atoms in total. The average Bonchev–Trinajstić information content (AvgIpc) is 2.49. The monoisotopic (exact) mass is 291 g/mol. The molecule has 1 heterocycles. The smallest absolute Gasteiger partial charge is 0.0853 e. The molecule has 0 bridgehead atoms. The van der Waals surface area contributed by atoms with Gasteiger partial charge in [-0.3, -0.25) is 4.90 Å². The highest BCUT2D eigenvalue weighted by molar-refractivity contribution is 5.19. The van der Waals surface area contributed by atoms with Crippen LogP contribution in [0.5, 0.6) is 0 Å². The molecule has 21 heavy (non-hydrogen) atoms. The predicted octanol–water partition coefficient (Wildman–Crippen LogP) is 2.98. The summed E-state index contributed by atoms with van der Waals surface area (Å²) in [6.07, 6.45) is 4.02. The third-order valence-corrected chi connectivity index (χ3v) is 4.68. The summed E-state index contributed by atoms with van der Waals surface area (Å²) in [6.45, 7) is 6.47. The van der Waals surface area contributed by atoms with Crippen LogP contribution >= 0.6 is 0 Å². The van der Waals surface area contributed by atoms with Crippen molar-refractivity contribution in [3.05, 3.63) is 35.9 Å². The van der Waals surface area contributed by atoms with Gasteiger partial charge in [0.25, 0.3) is 0 Å². The first kappa shape index (κ1) is 16.5. The number of likely N-dealkylation sites (tertiary alicyclic amines) is 1. The topological polar surface area (TPSA) is 43.7 Å². The van der Waals surface area contributed by atoms with Crippen LogP contribution < -0.4 is 0 Å². The average molecular weight is 291 g/mol. The Hall–Kier alpha value is -0.900. The van der Waals surface area contributed by atoms with Gasteiger partial charge >= 0.3 is 0 Å². The van der Waals surface area contributed by atoms with Gasteiger partial charge in [0.15, 0.2) is 0 Å². The molecule has 1 aliphatic rings. The maximum atomic E-state index is 10.7. The van der Waals surface area contributed by atoms with E-state index >= 15 is 0 Å². The number of piperidine rings is 1. The van der Waals surface area contributed by atoms with E-state index in [0.29, 0.717) is 6.04 Å². The van der Waals surface area contributed by atoms with Gasteiger partial charge < -0.3 is 10.2 Å². The molecule has 2 atom stereocenters. The molecule has 0 spiro atoms. The molecular weight excluding hydrogens is 262 g/mol. The van der Waals surface area contributed by atoms with Gasteiger partial charge in [-0.2, -0.15) is 0 Å². The maximum absolute atomic E-state index is 10.7. The van der Waals surface area contributed by atoms with Crippen molar-refractivity contribution in [3.63, 3.8) is 0 Å². The van der Waals surface area contributed by atoms with Gasteiger partial charge in [0, 0.05) is 24.6 Å². The van der Waals surface area contributed by atoms with Crippen LogP contribution in [0.25, 0.3) is 0 Å². The molecule has 0 amide bonds. The summed E-state index contributed by atoms with van der Waals surface area (Å²) in [4.78, 5) is 2.46. The lowest BCUT2D eigenvalue weighted by atomic mass is 9.81. The molecule has 1 aliphatic heterocycles. The molecular formula is C18H29NO2. The molecule has 0 radical (unpaired) electrons. The van der Waals surface area contributed by atoms with E-state index in [4.69, 9.17) is 0 Å². The summed E-state index contributed by atoms with van der Waals surface area (Å²) in [7, 11) is 0. The van der Waals surface area contributed by atoms with Gasteiger partial charge in [-0.15, -0.1) is 0 Å². The van der Waals surface area contributed by atoms with Gasteiger partial charge in [0.2, 0.25) is 0 Å². The summed E-state index contributed by atoms with van der Waals surface area (Å²) in [6, 6.07) is 10.4. The molecule has 0 aliphatic carbocycles. The number of aliphatic hydroxyl groups is 2. The fraction of sp³-hybridized carbons (Fsp3) is 0.667. The number of benzene rings is 1. The van der Waals surface area contributed by atoms with Crippen molar-refractivity contribution >= 4 is 0 Å². The summed E-state index contributed by atoms with van der Waals surface area (Å²) >= 11 is 0. The highest BCUT2D eigenvalue weighted by atomic mass is 16.3. The fourth-order valence-electron chi connectivity index (χ4n) is 3.44. The first-order valence-electron chi connectivity index (χ1n) is 8.12. The van der Waals surface area contributed by atoms with E-state index < -0.39 is 6.10 Å². The van der Waals surface area contributed by atoms with Crippen molar-refractivity contribution in [2.45, 2.75) is 51.7 Å². The van der Waals surface area contributed by atoms with Crippen LogP contribution in [0.3, 0.4) is 0 Å². The van der Waals surface area contributed by atoms with Crippen LogP contribution in [0, 0.1) is 5.41 Å². The Morgan fingerprint density at radius 1 is 1.24 bits per heavy atom. The standard InChI is InChI=1S/C18H29NO2/c1-18(2,17(21)15-8-4-3-5-9-15)14-19-12-7-6-10-16(19)11-13-20/h3-5,8-9,16-17,20-21H,6-7,10-14H2,1-2H3. The van der Waals surface area contributed by atoms with E-state index in [1.807, 2.05) is 30.3 Å². The second kappa shape index (κ2) is 7.39. The summed E-state index contributed by atoms with van der Waals surface area (Å²) in [5, 5.41) is 20.0. The van der Waals surface area contributed by atoms with E-state index in [1.54, 1.807) is 0 Å². The number of hydrogen-bond acceptors (Lipinski definition) is 3. The number of hydrogen-bond donors (Lipinski definition) is 2. The van der Waals surface area contributed by atoms with Crippen molar-refractivity contribution in [2.24, 2.45) is 5.41 Å². The lowest BCUT2D eigenvalue weighted by Crippen LogP contribution is -2.46. The lowest BCUT2D eigenvalue weighted by molar-refractivity contribution is -0.00280. The van der Waals surface area contributed by atoms with Crippen LogP contribution in [0.15, 0.2) is 30.3 Å². The molecule has 2 N–H and O–H groups in total. The third-order valence-electron chi connectivity index (χ3n) is 4.68.